The van der Waals surface area contributed by atoms with E-state index in [4.69, 9.17) is 9.84 Å². The molecule has 0 fully saturated rings. The summed E-state index contributed by atoms with van der Waals surface area (Å²) < 4.78 is 5.34. The molecule has 1 aliphatic rings. The topological polar surface area (TPSA) is 66.8 Å². The van der Waals surface area contributed by atoms with Crippen molar-refractivity contribution in [3.05, 3.63) is 23.8 Å². The van der Waals surface area contributed by atoms with Crippen LogP contribution in [0, 0.1) is 0 Å². The van der Waals surface area contributed by atoms with Gasteiger partial charge < -0.3 is 14.7 Å². The number of aromatic carboxylic acids is 1. The number of hydrogen-bond donors (Lipinski definition) is 1. The molecule has 0 unspecified atom stereocenters. The minimum absolute atomic E-state index is 0.0763. The number of amides is 1. The van der Waals surface area contributed by atoms with E-state index in [1.807, 2.05) is 0 Å². The first-order valence-electron chi connectivity index (χ1n) is 4.88. The number of rotatable bonds is 1. The molecule has 0 bridgehead atoms. The maximum absolute atomic E-state index is 11.3. The van der Waals surface area contributed by atoms with Crippen molar-refractivity contribution in [1.29, 1.82) is 0 Å². The Kier molecular flexibility index (Phi) is 2.52. The Balaban J connectivity index is 2.44. The largest absolute Gasteiger partial charge is 0.490 e. The van der Waals surface area contributed by atoms with Gasteiger partial charge in [0.25, 0.3) is 0 Å². The van der Waals surface area contributed by atoms with Gasteiger partial charge in [-0.2, -0.15) is 0 Å². The second-order valence-corrected chi connectivity index (χ2v) is 3.51. The van der Waals surface area contributed by atoms with E-state index in [1.54, 1.807) is 11.0 Å². The van der Waals surface area contributed by atoms with Crippen molar-refractivity contribution >= 4 is 17.6 Å². The lowest BCUT2D eigenvalue weighted by Gasteiger charge is -2.28. The average molecular weight is 221 g/mol. The highest BCUT2D eigenvalue weighted by Gasteiger charge is 2.22. The zero-order valence-electron chi connectivity index (χ0n) is 8.77. The van der Waals surface area contributed by atoms with Crippen molar-refractivity contribution in [2.45, 2.75) is 6.92 Å². The third-order valence-corrected chi connectivity index (χ3v) is 2.45. The van der Waals surface area contributed by atoms with Crippen molar-refractivity contribution in [3.63, 3.8) is 0 Å². The number of nitrogens with zero attached hydrogens (tertiary/aromatic N) is 1. The van der Waals surface area contributed by atoms with Crippen LogP contribution >= 0.6 is 0 Å². The van der Waals surface area contributed by atoms with E-state index in [9.17, 15) is 9.59 Å². The molecule has 0 radical (unpaired) electrons. The maximum atomic E-state index is 11.3. The predicted molar refractivity (Wildman–Crippen MR) is 56.9 cm³/mol. The van der Waals surface area contributed by atoms with Gasteiger partial charge in [-0.15, -0.1) is 0 Å². The molecule has 0 aromatic heterocycles. The van der Waals surface area contributed by atoms with Crippen LogP contribution in [0.15, 0.2) is 18.2 Å². The van der Waals surface area contributed by atoms with Crippen molar-refractivity contribution in [2.24, 2.45) is 0 Å². The Hall–Kier alpha value is -2.04. The summed E-state index contributed by atoms with van der Waals surface area (Å²) in [7, 11) is 0. The van der Waals surface area contributed by atoms with Gasteiger partial charge in [0.05, 0.1) is 17.8 Å². The SMILES string of the molecule is CC(=O)N1CCOc2cc(C(=O)O)ccc21. The first-order chi connectivity index (χ1) is 7.59. The highest BCUT2D eigenvalue weighted by Crippen LogP contribution is 2.32. The molecule has 0 saturated carbocycles. The van der Waals surface area contributed by atoms with Crippen LogP contribution in [-0.2, 0) is 4.79 Å². The van der Waals surface area contributed by atoms with Crippen LogP contribution < -0.4 is 9.64 Å². The predicted octanol–water partition coefficient (Wildman–Crippen LogP) is 1.13. The fourth-order valence-electron chi connectivity index (χ4n) is 1.68. The summed E-state index contributed by atoms with van der Waals surface area (Å²) in [6, 6.07) is 4.50. The van der Waals surface area contributed by atoms with Crippen molar-refractivity contribution in [3.8, 4) is 5.75 Å². The molecule has 1 aliphatic heterocycles. The van der Waals surface area contributed by atoms with Gasteiger partial charge in [0, 0.05) is 6.92 Å². The summed E-state index contributed by atoms with van der Waals surface area (Å²) in [5, 5.41) is 8.83. The molecule has 0 aliphatic carbocycles. The highest BCUT2D eigenvalue weighted by molar-refractivity contribution is 5.95. The Morgan fingerprint density at radius 2 is 2.19 bits per heavy atom. The number of anilines is 1. The summed E-state index contributed by atoms with van der Waals surface area (Å²) in [5.41, 5.74) is 0.785. The highest BCUT2D eigenvalue weighted by atomic mass is 16.5. The van der Waals surface area contributed by atoms with Crippen LogP contribution in [0.5, 0.6) is 5.75 Å². The number of ether oxygens (including phenoxy) is 1. The molecule has 0 atom stereocenters. The lowest BCUT2D eigenvalue weighted by atomic mass is 10.1. The molecule has 5 nitrogen and oxygen atoms in total. The van der Waals surface area contributed by atoms with E-state index < -0.39 is 5.97 Å². The molecule has 1 heterocycles. The quantitative estimate of drug-likeness (QED) is 0.771. The number of benzene rings is 1. The van der Waals surface area contributed by atoms with Crippen LogP contribution in [0.3, 0.4) is 0 Å². The van der Waals surface area contributed by atoms with Gasteiger partial charge in [-0.3, -0.25) is 4.79 Å². The molecule has 1 aromatic rings. The molecule has 1 amide bonds. The van der Waals surface area contributed by atoms with Gasteiger partial charge in [-0.1, -0.05) is 0 Å². The molecule has 5 heteroatoms. The molecule has 16 heavy (non-hydrogen) atoms. The van der Waals surface area contributed by atoms with Crippen LogP contribution in [0.4, 0.5) is 5.69 Å². The monoisotopic (exact) mass is 221 g/mol. The van der Waals surface area contributed by atoms with E-state index >= 15 is 0 Å². The minimum atomic E-state index is -1.01. The van der Waals surface area contributed by atoms with Crippen molar-refractivity contribution < 1.29 is 19.4 Å². The van der Waals surface area contributed by atoms with Crippen LogP contribution in [0.2, 0.25) is 0 Å². The van der Waals surface area contributed by atoms with E-state index in [0.29, 0.717) is 24.6 Å². The van der Waals surface area contributed by atoms with Gasteiger partial charge in [0.2, 0.25) is 5.91 Å². The Morgan fingerprint density at radius 3 is 2.81 bits per heavy atom. The lowest BCUT2D eigenvalue weighted by Crippen LogP contribution is -2.36. The number of carboxylic acid groups (broad SMARTS) is 1. The normalized spacial score (nSPS) is 13.9. The summed E-state index contributed by atoms with van der Waals surface area (Å²) in [4.78, 5) is 23.7. The van der Waals surface area contributed by atoms with E-state index in [0.717, 1.165) is 0 Å². The molecule has 0 saturated heterocycles. The van der Waals surface area contributed by atoms with Crippen LogP contribution in [0.1, 0.15) is 17.3 Å². The fraction of sp³-hybridized carbons (Fsp3) is 0.273. The molecule has 1 aromatic carbocycles. The number of carbonyl (C=O) groups excluding carboxylic acids is 1. The Bertz CT molecular complexity index is 455. The summed E-state index contributed by atoms with van der Waals surface area (Å²) >= 11 is 0. The fourth-order valence-corrected chi connectivity index (χ4v) is 1.68. The van der Waals surface area contributed by atoms with Crippen molar-refractivity contribution in [2.75, 3.05) is 18.1 Å². The third-order valence-electron chi connectivity index (χ3n) is 2.45. The Labute approximate surface area is 92.2 Å². The summed E-state index contributed by atoms with van der Waals surface area (Å²) in [5.74, 6) is -0.639. The van der Waals surface area contributed by atoms with Crippen LogP contribution in [-0.4, -0.2) is 30.1 Å². The van der Waals surface area contributed by atoms with Gasteiger partial charge in [0.15, 0.2) is 0 Å². The van der Waals surface area contributed by atoms with Crippen molar-refractivity contribution in [1.82, 2.24) is 0 Å². The first kappa shape index (κ1) is 10.5. The Morgan fingerprint density at radius 1 is 1.44 bits per heavy atom. The van der Waals surface area contributed by atoms with E-state index in [1.165, 1.54) is 19.1 Å². The summed E-state index contributed by atoms with van der Waals surface area (Å²) in [6.45, 7) is 2.35. The summed E-state index contributed by atoms with van der Waals surface area (Å²) in [6.07, 6.45) is 0. The third kappa shape index (κ3) is 1.71. The van der Waals surface area contributed by atoms with E-state index in [2.05, 4.69) is 0 Å². The molecule has 0 spiro atoms. The van der Waals surface area contributed by atoms with Gasteiger partial charge in [-0.05, 0) is 18.2 Å². The number of fused-ring (bicyclic) bond motifs is 1. The van der Waals surface area contributed by atoms with E-state index in [-0.39, 0.29) is 11.5 Å². The molecule has 1 N–H and O–H groups in total. The molecule has 2 rings (SSSR count). The number of carbonyl (C=O) groups is 2. The number of carboxylic acids is 1. The molecular formula is C11H11NO4. The average Bonchev–Trinajstić information content (AvgIpc) is 2.27. The zero-order valence-corrected chi connectivity index (χ0v) is 8.77. The first-order valence-corrected chi connectivity index (χ1v) is 4.88. The second-order valence-electron chi connectivity index (χ2n) is 3.51. The minimum Gasteiger partial charge on any atom is -0.490 e. The zero-order chi connectivity index (χ0) is 11.7. The van der Waals surface area contributed by atoms with Gasteiger partial charge in [-0.25, -0.2) is 4.79 Å². The van der Waals surface area contributed by atoms with Gasteiger partial charge >= 0.3 is 5.97 Å². The maximum Gasteiger partial charge on any atom is 0.335 e. The smallest absolute Gasteiger partial charge is 0.335 e. The molecule has 84 valence electrons. The number of hydrogen-bond acceptors (Lipinski definition) is 3. The second kappa shape index (κ2) is 3.84. The van der Waals surface area contributed by atoms with Crippen LogP contribution in [0.25, 0.3) is 0 Å². The lowest BCUT2D eigenvalue weighted by molar-refractivity contribution is -0.116. The standard InChI is InChI=1S/C11H11NO4/c1-7(13)12-4-5-16-10-6-8(11(14)15)2-3-9(10)12/h2-3,6H,4-5H2,1H3,(H,14,15). The molecular weight excluding hydrogens is 210 g/mol. The van der Waals surface area contributed by atoms with Gasteiger partial charge in [0.1, 0.15) is 12.4 Å².